The molecule has 0 aliphatic heterocycles. The molecule has 0 aromatic carbocycles. The van der Waals surface area contributed by atoms with Crippen LogP contribution >= 0.6 is 0 Å². The van der Waals surface area contributed by atoms with Crippen molar-refractivity contribution in [3.8, 4) is 11.8 Å². The lowest BCUT2D eigenvalue weighted by molar-refractivity contribution is 0.0937. The van der Waals surface area contributed by atoms with E-state index >= 15 is 0 Å². The highest BCUT2D eigenvalue weighted by Crippen LogP contribution is 2.07. The van der Waals surface area contributed by atoms with Gasteiger partial charge in [-0.05, 0) is 18.1 Å². The van der Waals surface area contributed by atoms with Crippen molar-refractivity contribution in [3.05, 3.63) is 42.5 Å². The Morgan fingerprint density at radius 2 is 2.25 bits per heavy atom. The molecule has 1 amide bonds. The van der Waals surface area contributed by atoms with Crippen LogP contribution in [-0.2, 0) is 0 Å². The van der Waals surface area contributed by atoms with E-state index in [-0.39, 0.29) is 11.8 Å². The fourth-order valence-corrected chi connectivity index (χ4v) is 1.64. The molecule has 2 rings (SSSR count). The van der Waals surface area contributed by atoms with Gasteiger partial charge in [0.2, 0.25) is 0 Å². The molecular weight excluding hydrogens is 254 g/mol. The maximum Gasteiger partial charge on any atom is 0.255 e. The monoisotopic (exact) mass is 269 g/mol. The van der Waals surface area contributed by atoms with E-state index in [1.54, 1.807) is 29.3 Å². The van der Waals surface area contributed by atoms with Gasteiger partial charge >= 0.3 is 0 Å². The summed E-state index contributed by atoms with van der Waals surface area (Å²) < 4.78 is 1.57. The van der Waals surface area contributed by atoms with Gasteiger partial charge in [0.25, 0.3) is 5.91 Å². The van der Waals surface area contributed by atoms with Crippen LogP contribution in [0, 0.1) is 17.2 Å². The van der Waals surface area contributed by atoms with Crippen molar-refractivity contribution < 1.29 is 4.79 Å². The Morgan fingerprint density at radius 1 is 1.45 bits per heavy atom. The van der Waals surface area contributed by atoms with Crippen LogP contribution < -0.4 is 5.32 Å². The zero-order chi connectivity index (χ0) is 14.5. The average molecular weight is 269 g/mol. The number of nitrogens with one attached hydrogen (secondary N) is 1. The van der Waals surface area contributed by atoms with Crippen LogP contribution in [0.1, 0.15) is 24.2 Å². The van der Waals surface area contributed by atoms with E-state index in [1.165, 1.54) is 6.20 Å². The van der Waals surface area contributed by atoms with Gasteiger partial charge in [-0.3, -0.25) is 9.78 Å². The lowest BCUT2D eigenvalue weighted by Gasteiger charge is -2.13. The van der Waals surface area contributed by atoms with Crippen LogP contribution in [0.25, 0.3) is 5.69 Å². The third kappa shape index (κ3) is 3.01. The quantitative estimate of drug-likeness (QED) is 0.912. The molecule has 0 bridgehead atoms. The van der Waals surface area contributed by atoms with Gasteiger partial charge in [-0.2, -0.15) is 10.4 Å². The fourth-order valence-electron chi connectivity index (χ4n) is 1.64. The minimum absolute atomic E-state index is 0.0531. The molecule has 0 aliphatic carbocycles. The number of aromatic nitrogens is 3. The van der Waals surface area contributed by atoms with Gasteiger partial charge in [-0.1, -0.05) is 13.8 Å². The smallest absolute Gasteiger partial charge is 0.255 e. The molecule has 0 aliphatic rings. The van der Waals surface area contributed by atoms with Gasteiger partial charge in [0.15, 0.2) is 0 Å². The summed E-state index contributed by atoms with van der Waals surface area (Å²) >= 11 is 0. The van der Waals surface area contributed by atoms with E-state index < -0.39 is 6.04 Å². The summed E-state index contributed by atoms with van der Waals surface area (Å²) in [6.07, 6.45) is 6.40. The number of carbonyl (C=O) groups excluding carboxylic acids is 1. The Balaban J connectivity index is 2.13. The Kier molecular flexibility index (Phi) is 4.11. The van der Waals surface area contributed by atoms with Gasteiger partial charge in [0.05, 0.1) is 29.7 Å². The SMILES string of the molecule is CC(C)C(C#N)NC(=O)c1cnn(-c2cccnc2)c1. The molecule has 6 heteroatoms. The molecule has 1 unspecified atom stereocenters. The normalized spacial score (nSPS) is 11.9. The van der Waals surface area contributed by atoms with Gasteiger partial charge < -0.3 is 5.32 Å². The van der Waals surface area contributed by atoms with Crippen LogP contribution in [0.5, 0.6) is 0 Å². The lowest BCUT2D eigenvalue weighted by atomic mass is 10.1. The summed E-state index contributed by atoms with van der Waals surface area (Å²) in [6, 6.07) is 5.20. The van der Waals surface area contributed by atoms with E-state index in [1.807, 2.05) is 19.9 Å². The minimum Gasteiger partial charge on any atom is -0.336 e. The Labute approximate surface area is 117 Å². The Bertz CT molecular complexity index is 627. The molecule has 2 heterocycles. The Morgan fingerprint density at radius 3 is 2.85 bits per heavy atom. The predicted octanol–water partition coefficient (Wildman–Crippen LogP) is 1.55. The summed E-state index contributed by atoms with van der Waals surface area (Å²) in [7, 11) is 0. The lowest BCUT2D eigenvalue weighted by Crippen LogP contribution is -2.37. The zero-order valence-electron chi connectivity index (χ0n) is 11.3. The van der Waals surface area contributed by atoms with E-state index in [9.17, 15) is 4.79 Å². The van der Waals surface area contributed by atoms with Gasteiger partial charge in [0.1, 0.15) is 6.04 Å². The third-order valence-corrected chi connectivity index (χ3v) is 2.85. The highest BCUT2D eigenvalue weighted by Gasteiger charge is 2.17. The average Bonchev–Trinajstić information content (AvgIpc) is 2.95. The van der Waals surface area contributed by atoms with Crippen LogP contribution in [0.4, 0.5) is 0 Å². The first-order chi connectivity index (χ1) is 9.61. The molecule has 2 aromatic rings. The highest BCUT2D eigenvalue weighted by molar-refractivity contribution is 5.94. The van der Waals surface area contributed by atoms with Crippen LogP contribution in [0.3, 0.4) is 0 Å². The minimum atomic E-state index is -0.510. The number of pyridine rings is 1. The number of rotatable bonds is 4. The number of hydrogen-bond donors (Lipinski definition) is 1. The van der Waals surface area contributed by atoms with Gasteiger partial charge in [-0.25, -0.2) is 4.68 Å². The number of nitriles is 1. The molecule has 102 valence electrons. The van der Waals surface area contributed by atoms with Crippen molar-refractivity contribution in [2.24, 2.45) is 5.92 Å². The number of hydrogen-bond acceptors (Lipinski definition) is 4. The van der Waals surface area contributed by atoms with Gasteiger partial charge in [-0.15, -0.1) is 0 Å². The molecule has 0 spiro atoms. The zero-order valence-corrected chi connectivity index (χ0v) is 11.3. The first-order valence-corrected chi connectivity index (χ1v) is 6.27. The Hall–Kier alpha value is -2.68. The number of amides is 1. The maximum atomic E-state index is 12.0. The van der Waals surface area contributed by atoms with Crippen LogP contribution in [-0.4, -0.2) is 26.7 Å². The number of nitrogens with zero attached hydrogens (tertiary/aromatic N) is 4. The van der Waals surface area contributed by atoms with E-state index in [4.69, 9.17) is 5.26 Å². The summed E-state index contributed by atoms with van der Waals surface area (Å²) in [5, 5.41) is 15.8. The van der Waals surface area contributed by atoms with E-state index in [0.717, 1.165) is 5.69 Å². The summed E-state index contributed by atoms with van der Waals surface area (Å²) in [6.45, 7) is 3.76. The van der Waals surface area contributed by atoms with Gasteiger partial charge in [0, 0.05) is 12.4 Å². The molecule has 2 aromatic heterocycles. The summed E-state index contributed by atoms with van der Waals surface area (Å²) in [5.74, 6) is -0.252. The van der Waals surface area contributed by atoms with Crippen LogP contribution in [0.2, 0.25) is 0 Å². The molecule has 0 radical (unpaired) electrons. The third-order valence-electron chi connectivity index (χ3n) is 2.85. The first-order valence-electron chi connectivity index (χ1n) is 6.27. The molecule has 1 atom stereocenters. The van der Waals surface area contributed by atoms with E-state index in [2.05, 4.69) is 21.5 Å². The van der Waals surface area contributed by atoms with Crippen molar-refractivity contribution >= 4 is 5.91 Å². The van der Waals surface area contributed by atoms with Crippen molar-refractivity contribution in [1.82, 2.24) is 20.1 Å². The second-order valence-corrected chi connectivity index (χ2v) is 4.71. The molecule has 0 saturated heterocycles. The van der Waals surface area contributed by atoms with Crippen LogP contribution in [0.15, 0.2) is 36.9 Å². The molecule has 0 saturated carbocycles. The van der Waals surface area contributed by atoms with Crippen molar-refractivity contribution in [1.29, 1.82) is 5.26 Å². The predicted molar refractivity (Wildman–Crippen MR) is 73.1 cm³/mol. The fraction of sp³-hybridized carbons (Fsp3) is 0.286. The molecule has 6 nitrogen and oxygen atoms in total. The van der Waals surface area contributed by atoms with E-state index in [0.29, 0.717) is 5.56 Å². The second-order valence-electron chi connectivity index (χ2n) is 4.71. The number of carbonyl (C=O) groups is 1. The van der Waals surface area contributed by atoms with Crippen molar-refractivity contribution in [2.75, 3.05) is 0 Å². The largest absolute Gasteiger partial charge is 0.336 e. The summed E-state index contributed by atoms with van der Waals surface area (Å²) in [4.78, 5) is 16.0. The standard InChI is InChI=1S/C14H15N5O/c1-10(2)13(6-15)18-14(20)11-7-17-19(9-11)12-4-3-5-16-8-12/h3-5,7-10,13H,1-2H3,(H,18,20). The second kappa shape index (κ2) is 5.97. The first kappa shape index (κ1) is 13.7. The van der Waals surface area contributed by atoms with Crippen molar-refractivity contribution in [2.45, 2.75) is 19.9 Å². The summed E-state index contributed by atoms with van der Waals surface area (Å²) in [5.41, 5.74) is 1.18. The molecule has 0 fully saturated rings. The highest BCUT2D eigenvalue weighted by atomic mass is 16.1. The molecule has 1 N–H and O–H groups in total. The maximum absolute atomic E-state index is 12.0. The molecule has 20 heavy (non-hydrogen) atoms. The molecular formula is C14H15N5O. The van der Waals surface area contributed by atoms with Crippen molar-refractivity contribution in [3.63, 3.8) is 0 Å². The topological polar surface area (TPSA) is 83.6 Å².